The summed E-state index contributed by atoms with van der Waals surface area (Å²) in [6.07, 6.45) is -5.25. The molecule has 18 heavy (non-hydrogen) atoms. The van der Waals surface area contributed by atoms with Gasteiger partial charge in [0, 0.05) is 11.8 Å². The van der Waals surface area contributed by atoms with Crippen molar-refractivity contribution in [1.82, 2.24) is 5.32 Å². The van der Waals surface area contributed by atoms with E-state index in [1.54, 1.807) is 5.32 Å². The zero-order valence-corrected chi connectivity index (χ0v) is 9.25. The van der Waals surface area contributed by atoms with Crippen LogP contribution in [0.4, 0.5) is 13.2 Å². The molecule has 0 aliphatic heterocycles. The van der Waals surface area contributed by atoms with Gasteiger partial charge >= 0.3 is 18.1 Å². The summed E-state index contributed by atoms with van der Waals surface area (Å²) in [5, 5.41) is 20.3. The molecule has 3 N–H and O–H groups in total. The number of rotatable bonds is 2. The van der Waals surface area contributed by atoms with Gasteiger partial charge in [-0.3, -0.25) is 4.79 Å². The molecule has 2 atom stereocenters. The SMILES string of the molecule is O=C(N[C@@]1(C(=O)O)C[C@@H](O)C12CCC2)C(F)(F)F. The van der Waals surface area contributed by atoms with Crippen LogP contribution >= 0.6 is 0 Å². The molecule has 0 aromatic carbocycles. The molecule has 102 valence electrons. The van der Waals surface area contributed by atoms with E-state index in [1.807, 2.05) is 0 Å². The van der Waals surface area contributed by atoms with Gasteiger partial charge in [-0.25, -0.2) is 4.79 Å². The number of carbonyl (C=O) groups is 2. The number of hydrogen-bond donors (Lipinski definition) is 3. The predicted octanol–water partition coefficient (Wildman–Crippen LogP) is 0.423. The fraction of sp³-hybridized carbons (Fsp3) is 0.800. The number of aliphatic hydroxyl groups is 1. The van der Waals surface area contributed by atoms with Crippen LogP contribution in [0.25, 0.3) is 0 Å². The molecule has 0 radical (unpaired) electrons. The van der Waals surface area contributed by atoms with Crippen LogP contribution in [0.2, 0.25) is 0 Å². The molecule has 5 nitrogen and oxygen atoms in total. The zero-order chi connectivity index (χ0) is 13.8. The topological polar surface area (TPSA) is 86.6 Å². The van der Waals surface area contributed by atoms with Crippen molar-refractivity contribution in [3.63, 3.8) is 0 Å². The maximum Gasteiger partial charge on any atom is 0.471 e. The number of nitrogens with one attached hydrogen (secondary N) is 1. The van der Waals surface area contributed by atoms with Crippen molar-refractivity contribution in [3.05, 3.63) is 0 Å². The summed E-state index contributed by atoms with van der Waals surface area (Å²) in [5.74, 6) is -3.80. The van der Waals surface area contributed by atoms with Crippen molar-refractivity contribution in [1.29, 1.82) is 0 Å². The van der Waals surface area contributed by atoms with Gasteiger partial charge in [0.2, 0.25) is 0 Å². The molecular formula is C10H12F3NO4. The van der Waals surface area contributed by atoms with E-state index >= 15 is 0 Å². The van der Waals surface area contributed by atoms with Gasteiger partial charge in [0.15, 0.2) is 0 Å². The van der Waals surface area contributed by atoms with Gasteiger partial charge in [-0.1, -0.05) is 6.42 Å². The average molecular weight is 267 g/mol. The highest BCUT2D eigenvalue weighted by Gasteiger charge is 2.73. The molecule has 0 heterocycles. The number of halogens is 3. The fourth-order valence-electron chi connectivity index (χ4n) is 2.95. The lowest BCUT2D eigenvalue weighted by atomic mass is 9.43. The molecule has 2 aliphatic rings. The summed E-state index contributed by atoms with van der Waals surface area (Å²) in [6, 6.07) is 0. The Balaban J connectivity index is 2.25. The number of aliphatic hydroxyl groups excluding tert-OH is 1. The van der Waals surface area contributed by atoms with E-state index in [9.17, 15) is 27.9 Å². The van der Waals surface area contributed by atoms with Crippen molar-refractivity contribution in [3.8, 4) is 0 Å². The van der Waals surface area contributed by atoms with E-state index in [0.29, 0.717) is 19.3 Å². The quantitative estimate of drug-likeness (QED) is 0.677. The van der Waals surface area contributed by atoms with Crippen molar-refractivity contribution in [2.75, 3.05) is 0 Å². The Hall–Kier alpha value is -1.31. The van der Waals surface area contributed by atoms with Crippen LogP contribution in [0, 0.1) is 5.41 Å². The minimum atomic E-state index is -5.13. The Morgan fingerprint density at radius 3 is 2.11 bits per heavy atom. The molecule has 0 unspecified atom stereocenters. The first-order valence-electron chi connectivity index (χ1n) is 5.46. The molecule has 1 spiro atoms. The van der Waals surface area contributed by atoms with E-state index in [-0.39, 0.29) is 6.42 Å². The Labute approximate surface area is 100.0 Å². The lowest BCUT2D eigenvalue weighted by Gasteiger charge is -2.64. The maximum atomic E-state index is 12.2. The molecule has 0 aromatic heterocycles. The number of aliphatic carboxylic acids is 1. The minimum Gasteiger partial charge on any atom is -0.479 e. The number of alkyl halides is 3. The monoisotopic (exact) mass is 267 g/mol. The molecule has 1 amide bonds. The Morgan fingerprint density at radius 2 is 1.83 bits per heavy atom. The second-order valence-electron chi connectivity index (χ2n) is 4.89. The van der Waals surface area contributed by atoms with Gasteiger partial charge in [0.25, 0.3) is 0 Å². The van der Waals surface area contributed by atoms with Gasteiger partial charge in [0.1, 0.15) is 5.54 Å². The molecule has 0 saturated heterocycles. The summed E-state index contributed by atoms with van der Waals surface area (Å²) in [4.78, 5) is 22.2. The molecule has 2 fully saturated rings. The largest absolute Gasteiger partial charge is 0.479 e. The van der Waals surface area contributed by atoms with Crippen molar-refractivity contribution in [2.45, 2.75) is 43.5 Å². The van der Waals surface area contributed by atoms with Gasteiger partial charge in [0.05, 0.1) is 6.10 Å². The first-order valence-corrected chi connectivity index (χ1v) is 5.46. The van der Waals surface area contributed by atoms with Gasteiger partial charge < -0.3 is 15.5 Å². The highest BCUT2D eigenvalue weighted by atomic mass is 19.4. The Morgan fingerprint density at radius 1 is 1.28 bits per heavy atom. The molecule has 2 saturated carbocycles. The van der Waals surface area contributed by atoms with Crippen LogP contribution < -0.4 is 5.32 Å². The van der Waals surface area contributed by atoms with E-state index in [4.69, 9.17) is 5.11 Å². The summed E-state index contributed by atoms with van der Waals surface area (Å²) in [7, 11) is 0. The van der Waals surface area contributed by atoms with Gasteiger partial charge in [-0.2, -0.15) is 13.2 Å². The highest BCUT2D eigenvalue weighted by molar-refractivity contribution is 5.91. The van der Waals surface area contributed by atoms with Gasteiger partial charge in [-0.15, -0.1) is 0 Å². The standard InChI is InChI=1S/C10H12F3NO4/c11-10(12,13)6(16)14-9(7(17)18)4-5(15)8(9)2-1-3-8/h5,15H,1-4H2,(H,14,16)(H,17,18)/t5-,9-/m1/s1. The zero-order valence-electron chi connectivity index (χ0n) is 9.25. The predicted molar refractivity (Wildman–Crippen MR) is 51.5 cm³/mol. The number of carboxylic acid groups (broad SMARTS) is 1. The van der Waals surface area contributed by atoms with E-state index in [2.05, 4.69) is 0 Å². The first kappa shape index (κ1) is 13.1. The van der Waals surface area contributed by atoms with Crippen LogP contribution in [-0.2, 0) is 9.59 Å². The van der Waals surface area contributed by atoms with Crippen molar-refractivity contribution >= 4 is 11.9 Å². The van der Waals surface area contributed by atoms with Crippen LogP contribution in [0.3, 0.4) is 0 Å². The summed E-state index contributed by atoms with van der Waals surface area (Å²) in [5.41, 5.74) is -3.13. The molecule has 0 aromatic rings. The molecule has 2 aliphatic carbocycles. The summed E-state index contributed by atoms with van der Waals surface area (Å²) >= 11 is 0. The molecular weight excluding hydrogens is 255 g/mol. The smallest absolute Gasteiger partial charge is 0.471 e. The average Bonchev–Trinajstić information content (AvgIpc) is 2.11. The third-order valence-electron chi connectivity index (χ3n) is 4.18. The lowest BCUT2D eigenvalue weighted by molar-refractivity contribution is -0.222. The Kier molecular flexibility index (Phi) is 2.62. The number of carboxylic acids is 1. The van der Waals surface area contributed by atoms with Crippen LogP contribution in [0.15, 0.2) is 0 Å². The van der Waals surface area contributed by atoms with Crippen LogP contribution in [0.5, 0.6) is 0 Å². The highest BCUT2D eigenvalue weighted by Crippen LogP contribution is 2.62. The third kappa shape index (κ3) is 1.44. The normalized spacial score (nSPS) is 33.4. The molecule has 8 heteroatoms. The molecule has 2 rings (SSSR count). The number of carbonyl (C=O) groups excluding carboxylic acids is 1. The lowest BCUT2D eigenvalue weighted by Crippen LogP contribution is -2.80. The van der Waals surface area contributed by atoms with E-state index < -0.39 is 35.1 Å². The van der Waals surface area contributed by atoms with Crippen molar-refractivity contribution in [2.24, 2.45) is 5.41 Å². The minimum absolute atomic E-state index is 0.304. The maximum absolute atomic E-state index is 12.2. The van der Waals surface area contributed by atoms with Crippen LogP contribution in [0.1, 0.15) is 25.7 Å². The van der Waals surface area contributed by atoms with Gasteiger partial charge in [-0.05, 0) is 12.8 Å². The van der Waals surface area contributed by atoms with E-state index in [0.717, 1.165) is 0 Å². The van der Waals surface area contributed by atoms with Crippen molar-refractivity contribution < 1.29 is 33.0 Å². The summed E-state index contributed by atoms with van der Waals surface area (Å²) in [6.45, 7) is 0. The Bertz CT molecular complexity index is 404. The van der Waals surface area contributed by atoms with E-state index in [1.165, 1.54) is 0 Å². The summed E-state index contributed by atoms with van der Waals surface area (Å²) < 4.78 is 36.6. The molecule has 0 bridgehead atoms. The first-order chi connectivity index (χ1) is 8.16. The third-order valence-corrected chi connectivity index (χ3v) is 4.18. The number of hydrogen-bond acceptors (Lipinski definition) is 3. The second kappa shape index (κ2) is 3.59. The fourth-order valence-corrected chi connectivity index (χ4v) is 2.95. The second-order valence-corrected chi connectivity index (χ2v) is 4.89. The van der Waals surface area contributed by atoms with Crippen LogP contribution in [-0.4, -0.2) is 39.9 Å². The number of amides is 1.